The summed E-state index contributed by atoms with van der Waals surface area (Å²) in [6.45, 7) is 6.55. The fourth-order valence-electron chi connectivity index (χ4n) is 2.51. The summed E-state index contributed by atoms with van der Waals surface area (Å²) in [4.78, 5) is 2.13. The van der Waals surface area contributed by atoms with Gasteiger partial charge in [-0.3, -0.25) is 0 Å². The highest BCUT2D eigenvalue weighted by molar-refractivity contribution is 5.57. The van der Waals surface area contributed by atoms with Crippen LogP contribution in [-0.4, -0.2) is 7.05 Å². The van der Waals surface area contributed by atoms with Crippen molar-refractivity contribution >= 4 is 5.69 Å². The molecule has 0 radical (unpaired) electrons. The summed E-state index contributed by atoms with van der Waals surface area (Å²) in [7, 11) is 2.02. The average Bonchev–Trinajstić information content (AvgIpc) is 2.43. The van der Waals surface area contributed by atoms with Crippen molar-refractivity contribution in [1.29, 1.82) is 0 Å². The minimum absolute atomic E-state index is 0.199. The topological polar surface area (TPSA) is 29.3 Å². The number of anilines is 1. The van der Waals surface area contributed by atoms with Gasteiger partial charge in [0.1, 0.15) is 5.82 Å². The van der Waals surface area contributed by atoms with Gasteiger partial charge in [-0.1, -0.05) is 24.3 Å². The van der Waals surface area contributed by atoms with Gasteiger partial charge in [-0.2, -0.15) is 0 Å². The van der Waals surface area contributed by atoms with E-state index in [0.29, 0.717) is 5.56 Å². The minimum Gasteiger partial charge on any atom is -0.370 e. The molecule has 2 aromatic rings. The van der Waals surface area contributed by atoms with E-state index in [-0.39, 0.29) is 11.9 Å². The van der Waals surface area contributed by atoms with Gasteiger partial charge in [0.2, 0.25) is 0 Å². The maximum Gasteiger partial charge on any atom is 0.126 e. The van der Waals surface area contributed by atoms with E-state index < -0.39 is 0 Å². The van der Waals surface area contributed by atoms with Crippen LogP contribution in [0.5, 0.6) is 0 Å². The lowest BCUT2D eigenvalue weighted by Crippen LogP contribution is -2.21. The number of hydrogen-bond donors (Lipinski definition) is 1. The Morgan fingerprint density at radius 1 is 1.14 bits per heavy atom. The summed E-state index contributed by atoms with van der Waals surface area (Å²) < 4.78 is 13.8. The summed E-state index contributed by atoms with van der Waals surface area (Å²) in [6, 6.07) is 11.5. The lowest BCUT2D eigenvalue weighted by atomic mass is 10.0. The first kappa shape index (κ1) is 15.5. The normalized spacial score (nSPS) is 12.3. The maximum atomic E-state index is 13.8. The van der Waals surface area contributed by atoms with Crippen LogP contribution in [0.2, 0.25) is 0 Å². The zero-order chi connectivity index (χ0) is 15.6. The zero-order valence-electron chi connectivity index (χ0n) is 13.2. The molecule has 0 amide bonds. The van der Waals surface area contributed by atoms with Crippen LogP contribution in [0.3, 0.4) is 0 Å². The Balaban J connectivity index is 2.37. The number of nitrogens with zero attached hydrogens (tertiary/aromatic N) is 1. The molecule has 2 N–H and O–H groups in total. The van der Waals surface area contributed by atoms with Crippen LogP contribution < -0.4 is 10.6 Å². The number of hydrogen-bond acceptors (Lipinski definition) is 2. The van der Waals surface area contributed by atoms with E-state index in [0.717, 1.165) is 17.8 Å². The average molecular weight is 286 g/mol. The monoisotopic (exact) mass is 286 g/mol. The van der Waals surface area contributed by atoms with Crippen LogP contribution in [0.15, 0.2) is 36.4 Å². The van der Waals surface area contributed by atoms with Gasteiger partial charge in [0.05, 0.1) is 0 Å². The second kappa shape index (κ2) is 6.27. The molecule has 0 heterocycles. The highest BCUT2D eigenvalue weighted by Crippen LogP contribution is 2.29. The largest absolute Gasteiger partial charge is 0.370 e. The van der Waals surface area contributed by atoms with Crippen molar-refractivity contribution in [2.45, 2.75) is 33.4 Å². The molecule has 1 atom stereocenters. The van der Waals surface area contributed by atoms with Crippen molar-refractivity contribution in [3.8, 4) is 0 Å². The lowest BCUT2D eigenvalue weighted by Gasteiger charge is -2.25. The van der Waals surface area contributed by atoms with E-state index >= 15 is 0 Å². The van der Waals surface area contributed by atoms with Gasteiger partial charge >= 0.3 is 0 Å². The van der Waals surface area contributed by atoms with Gasteiger partial charge in [-0.25, -0.2) is 4.39 Å². The van der Waals surface area contributed by atoms with E-state index in [2.05, 4.69) is 24.0 Å². The zero-order valence-corrected chi connectivity index (χ0v) is 13.2. The Morgan fingerprint density at radius 3 is 2.43 bits per heavy atom. The minimum atomic E-state index is -0.200. The summed E-state index contributed by atoms with van der Waals surface area (Å²) in [6.07, 6.45) is 0. The molecule has 0 aliphatic heterocycles. The standard InChI is InChI=1S/C18H23FN2/c1-12-7-5-6-8-15(12)11-21(4)18-9-13(2)17(19)10-16(18)14(3)20/h5-10,14H,11,20H2,1-4H3. The Hall–Kier alpha value is -1.87. The van der Waals surface area contributed by atoms with Gasteiger partial charge in [-0.05, 0) is 55.2 Å². The number of aryl methyl sites for hydroxylation is 2. The number of benzene rings is 2. The first-order valence-electron chi connectivity index (χ1n) is 7.21. The highest BCUT2D eigenvalue weighted by Gasteiger charge is 2.14. The number of nitrogens with two attached hydrogens (primary N) is 1. The van der Waals surface area contributed by atoms with Crippen molar-refractivity contribution in [3.05, 3.63) is 64.5 Å². The fraction of sp³-hybridized carbons (Fsp3) is 0.333. The third-order valence-corrected chi connectivity index (χ3v) is 3.88. The second-order valence-corrected chi connectivity index (χ2v) is 5.73. The van der Waals surface area contributed by atoms with Crippen LogP contribution in [0.4, 0.5) is 10.1 Å². The van der Waals surface area contributed by atoms with E-state index in [4.69, 9.17) is 5.73 Å². The van der Waals surface area contributed by atoms with Crippen molar-refractivity contribution in [1.82, 2.24) is 0 Å². The molecule has 0 bridgehead atoms. The van der Waals surface area contributed by atoms with E-state index in [1.165, 1.54) is 11.1 Å². The van der Waals surface area contributed by atoms with Crippen molar-refractivity contribution in [3.63, 3.8) is 0 Å². The summed E-state index contributed by atoms with van der Waals surface area (Å²) in [5.41, 5.74) is 11.0. The first-order chi connectivity index (χ1) is 9.90. The Kier molecular flexibility index (Phi) is 4.63. The molecule has 21 heavy (non-hydrogen) atoms. The molecule has 112 valence electrons. The SMILES string of the molecule is Cc1cc(N(C)Cc2ccccc2C)c(C(C)N)cc1F. The van der Waals surface area contributed by atoms with E-state index in [1.54, 1.807) is 13.0 Å². The molecule has 2 rings (SSSR count). The Bertz CT molecular complexity index is 635. The van der Waals surface area contributed by atoms with Gasteiger partial charge in [0, 0.05) is 25.3 Å². The first-order valence-corrected chi connectivity index (χ1v) is 7.21. The van der Waals surface area contributed by atoms with E-state index in [9.17, 15) is 4.39 Å². The molecule has 0 fully saturated rings. The molecular formula is C18H23FN2. The predicted molar refractivity (Wildman–Crippen MR) is 87.0 cm³/mol. The number of rotatable bonds is 4. The quantitative estimate of drug-likeness (QED) is 0.917. The Labute approximate surface area is 126 Å². The molecule has 0 spiro atoms. The highest BCUT2D eigenvalue weighted by atomic mass is 19.1. The third kappa shape index (κ3) is 3.42. The molecule has 0 aliphatic rings. The molecule has 0 saturated carbocycles. The molecule has 0 aromatic heterocycles. The third-order valence-electron chi connectivity index (χ3n) is 3.88. The Morgan fingerprint density at radius 2 is 1.81 bits per heavy atom. The summed E-state index contributed by atoms with van der Waals surface area (Å²) >= 11 is 0. The van der Waals surface area contributed by atoms with Crippen molar-refractivity contribution in [2.24, 2.45) is 5.73 Å². The van der Waals surface area contributed by atoms with Crippen LogP contribution >= 0.6 is 0 Å². The molecule has 2 nitrogen and oxygen atoms in total. The molecule has 2 aromatic carbocycles. The molecule has 0 saturated heterocycles. The smallest absolute Gasteiger partial charge is 0.126 e. The van der Waals surface area contributed by atoms with Crippen molar-refractivity contribution in [2.75, 3.05) is 11.9 Å². The molecular weight excluding hydrogens is 263 g/mol. The summed E-state index contributed by atoms with van der Waals surface area (Å²) in [5.74, 6) is -0.199. The predicted octanol–water partition coefficient (Wildman–Crippen LogP) is 4.10. The molecule has 1 unspecified atom stereocenters. The number of halogens is 1. The van der Waals surface area contributed by atoms with Crippen LogP contribution in [0.25, 0.3) is 0 Å². The van der Waals surface area contributed by atoms with E-state index in [1.807, 2.05) is 32.2 Å². The van der Waals surface area contributed by atoms with Gasteiger partial charge in [-0.15, -0.1) is 0 Å². The second-order valence-electron chi connectivity index (χ2n) is 5.73. The molecule has 0 aliphatic carbocycles. The van der Waals surface area contributed by atoms with Crippen molar-refractivity contribution < 1.29 is 4.39 Å². The summed E-state index contributed by atoms with van der Waals surface area (Å²) in [5, 5.41) is 0. The van der Waals surface area contributed by atoms with Crippen LogP contribution in [0, 0.1) is 19.7 Å². The van der Waals surface area contributed by atoms with Crippen LogP contribution in [0.1, 0.15) is 35.2 Å². The lowest BCUT2D eigenvalue weighted by molar-refractivity contribution is 0.612. The molecule has 3 heteroatoms. The van der Waals surface area contributed by atoms with Crippen LogP contribution in [-0.2, 0) is 6.54 Å². The van der Waals surface area contributed by atoms with Gasteiger partial charge in [0.15, 0.2) is 0 Å². The fourth-order valence-corrected chi connectivity index (χ4v) is 2.51. The van der Waals surface area contributed by atoms with Gasteiger partial charge < -0.3 is 10.6 Å². The maximum absolute atomic E-state index is 13.8. The van der Waals surface area contributed by atoms with Gasteiger partial charge in [0.25, 0.3) is 0 Å².